The molecule has 0 aliphatic carbocycles. The second kappa shape index (κ2) is 59.7. The van der Waals surface area contributed by atoms with Gasteiger partial charge in [-0.1, -0.05) is 300 Å². The molecule has 0 bridgehead atoms. The zero-order chi connectivity index (χ0) is 64.5. The van der Waals surface area contributed by atoms with Crippen molar-refractivity contribution in [2.75, 3.05) is 19.8 Å². The molecule has 2 aliphatic rings. The van der Waals surface area contributed by atoms with Crippen molar-refractivity contribution in [1.82, 2.24) is 5.32 Å². The average Bonchev–Trinajstić information content (AvgIpc) is 1.44. The first-order valence-corrected chi connectivity index (χ1v) is 37.4. The number of hydrogen-bond donors (Lipinski definition) is 9. The first-order valence-electron chi connectivity index (χ1n) is 37.4. The van der Waals surface area contributed by atoms with Gasteiger partial charge in [-0.25, -0.2) is 0 Å². The quantitative estimate of drug-likeness (QED) is 0.0204. The number of allylic oxidation sites excluding steroid dienone is 7. The summed E-state index contributed by atoms with van der Waals surface area (Å²) in [6, 6.07) is -0.938. The minimum Gasteiger partial charge on any atom is -0.394 e. The van der Waals surface area contributed by atoms with Crippen molar-refractivity contribution < 1.29 is 64.6 Å². The molecule has 2 fully saturated rings. The van der Waals surface area contributed by atoms with Gasteiger partial charge in [-0.15, -0.1) is 0 Å². The monoisotopic (exact) mass is 1260 g/mol. The van der Waals surface area contributed by atoms with Gasteiger partial charge < -0.3 is 65.1 Å². The summed E-state index contributed by atoms with van der Waals surface area (Å²) in [4.78, 5) is 13.3. The van der Waals surface area contributed by atoms with Crippen molar-refractivity contribution in [1.29, 1.82) is 0 Å². The second-order valence-electron chi connectivity index (χ2n) is 26.4. The molecule has 89 heavy (non-hydrogen) atoms. The molecule has 2 heterocycles. The molecule has 12 unspecified atom stereocenters. The summed E-state index contributed by atoms with van der Waals surface area (Å²) in [5.41, 5.74) is 0. The van der Waals surface area contributed by atoms with Crippen molar-refractivity contribution in [3.63, 3.8) is 0 Å². The Morgan fingerprint density at radius 1 is 0.393 bits per heavy atom. The Bertz CT molecular complexity index is 1680. The lowest BCUT2D eigenvalue weighted by Crippen LogP contribution is -2.65. The third-order valence-corrected chi connectivity index (χ3v) is 18.2. The van der Waals surface area contributed by atoms with E-state index in [0.717, 1.165) is 44.9 Å². The van der Waals surface area contributed by atoms with E-state index < -0.39 is 86.8 Å². The predicted molar refractivity (Wildman–Crippen MR) is 364 cm³/mol. The number of rotatable bonds is 62. The number of aliphatic hydroxyl groups is 8. The number of unbranched alkanes of at least 4 members (excludes halogenated alkanes) is 43. The van der Waals surface area contributed by atoms with Crippen LogP contribution in [0, 0.1) is 0 Å². The average molecular weight is 1260 g/mol. The highest BCUT2D eigenvalue weighted by Crippen LogP contribution is 2.30. The first kappa shape index (κ1) is 83.0. The molecule has 0 radical (unpaired) electrons. The highest BCUT2D eigenvalue weighted by Gasteiger charge is 2.51. The molecular formula is C75H139NO13. The van der Waals surface area contributed by atoms with E-state index in [9.17, 15) is 45.6 Å². The number of nitrogens with one attached hydrogen (secondary N) is 1. The van der Waals surface area contributed by atoms with E-state index in [1.807, 2.05) is 6.08 Å². The molecule has 522 valence electrons. The van der Waals surface area contributed by atoms with Gasteiger partial charge >= 0.3 is 0 Å². The molecule has 14 nitrogen and oxygen atoms in total. The second-order valence-corrected chi connectivity index (χ2v) is 26.4. The maximum Gasteiger partial charge on any atom is 0.220 e. The normalized spacial score (nSPS) is 23.3. The molecule has 2 rings (SSSR count). The van der Waals surface area contributed by atoms with E-state index in [1.165, 1.54) is 250 Å². The Labute approximate surface area is 543 Å². The fourth-order valence-corrected chi connectivity index (χ4v) is 12.3. The van der Waals surface area contributed by atoms with Gasteiger partial charge in [-0.3, -0.25) is 4.79 Å². The van der Waals surface area contributed by atoms with Crippen LogP contribution in [0.4, 0.5) is 0 Å². The lowest BCUT2D eigenvalue weighted by molar-refractivity contribution is -0.359. The van der Waals surface area contributed by atoms with Crippen LogP contribution < -0.4 is 5.32 Å². The lowest BCUT2D eigenvalue weighted by Gasteiger charge is -2.46. The summed E-state index contributed by atoms with van der Waals surface area (Å²) >= 11 is 0. The number of hydrogen-bond acceptors (Lipinski definition) is 13. The number of carbonyl (C=O) groups excluding carboxylic acids is 1. The molecule has 0 aromatic heterocycles. The minimum absolute atomic E-state index is 0.248. The fraction of sp³-hybridized carbons (Fsp3) is 0.880. The van der Waals surface area contributed by atoms with Crippen LogP contribution >= 0.6 is 0 Å². The Morgan fingerprint density at radius 3 is 1.10 bits per heavy atom. The Kier molecular flexibility index (Phi) is 55.7. The van der Waals surface area contributed by atoms with Crippen molar-refractivity contribution in [3.8, 4) is 0 Å². The van der Waals surface area contributed by atoms with E-state index in [1.54, 1.807) is 6.08 Å². The molecule has 0 aromatic carbocycles. The first-order chi connectivity index (χ1) is 43.6. The number of amides is 1. The number of aliphatic hydroxyl groups excluding tert-OH is 8. The van der Waals surface area contributed by atoms with Crippen LogP contribution in [-0.4, -0.2) is 140 Å². The maximum atomic E-state index is 13.3. The SMILES string of the molecule is CCCCCCCCCC/C=C\CCCCCCCCCCCCCCCCCCCCCCCCCCCC(=O)NC(COC1OC(CO)C(OC2OC(CO)C(O)C(O)C2O)C(O)C1O)C(O)/C=C/CC/C=C/CC/C=C/CCCCCCCCCC. The predicted octanol–water partition coefficient (Wildman–Crippen LogP) is 15.9. The summed E-state index contributed by atoms with van der Waals surface area (Å²) in [6.45, 7) is 2.81. The standard InChI is InChI=1S/C75H139NO13/c1-3-5-7-9-11-13-15-17-19-21-23-24-25-26-27-28-29-30-31-32-33-34-35-36-37-38-39-40-41-43-45-47-49-51-53-55-57-59-67(80)76-63(64(79)58-56-54-52-50-48-46-44-42-22-20-18-16-14-12-10-8-6-4-2)62-86-74-72(85)70(83)73(66(61-78)88-74)89-75-71(84)69(82)68(81)65(60-77)87-75/h21-23,42,48,50,56,58,63-66,68-75,77-79,81-85H,3-20,24-41,43-47,49,51-55,57,59-62H2,1-2H3,(H,76,80)/b23-21-,42-22+,50-48+,58-56+. The van der Waals surface area contributed by atoms with Gasteiger partial charge in [-0.05, 0) is 70.6 Å². The van der Waals surface area contributed by atoms with Crippen molar-refractivity contribution in [2.24, 2.45) is 0 Å². The van der Waals surface area contributed by atoms with E-state index in [-0.39, 0.29) is 18.9 Å². The maximum absolute atomic E-state index is 13.3. The summed E-state index contributed by atoms with van der Waals surface area (Å²) in [5, 5.41) is 87.4. The van der Waals surface area contributed by atoms with Crippen LogP contribution in [0.25, 0.3) is 0 Å². The Balaban J connectivity index is 1.60. The number of ether oxygens (including phenoxy) is 4. The third kappa shape index (κ3) is 43.5. The van der Waals surface area contributed by atoms with E-state index in [4.69, 9.17) is 18.9 Å². The molecule has 12 atom stereocenters. The highest BCUT2D eigenvalue weighted by molar-refractivity contribution is 5.76. The number of carbonyl (C=O) groups is 1. The van der Waals surface area contributed by atoms with Crippen LogP contribution in [0.1, 0.15) is 328 Å². The van der Waals surface area contributed by atoms with Gasteiger partial charge in [0.25, 0.3) is 0 Å². The molecule has 0 saturated carbocycles. The zero-order valence-corrected chi connectivity index (χ0v) is 56.9. The van der Waals surface area contributed by atoms with Crippen molar-refractivity contribution in [3.05, 3.63) is 48.6 Å². The minimum atomic E-state index is -1.79. The van der Waals surface area contributed by atoms with Crippen LogP contribution in [0.5, 0.6) is 0 Å². The van der Waals surface area contributed by atoms with Crippen LogP contribution in [-0.2, 0) is 23.7 Å². The largest absolute Gasteiger partial charge is 0.394 e. The molecule has 2 saturated heterocycles. The van der Waals surface area contributed by atoms with Crippen LogP contribution in [0.15, 0.2) is 48.6 Å². The molecule has 0 aromatic rings. The smallest absolute Gasteiger partial charge is 0.220 e. The molecule has 1 amide bonds. The lowest BCUT2D eigenvalue weighted by atomic mass is 9.97. The molecular weight excluding hydrogens is 1120 g/mol. The highest BCUT2D eigenvalue weighted by atomic mass is 16.7. The van der Waals surface area contributed by atoms with Gasteiger partial charge in [0.1, 0.15) is 48.8 Å². The van der Waals surface area contributed by atoms with Gasteiger partial charge in [0, 0.05) is 6.42 Å². The topological polar surface area (TPSA) is 228 Å². The fourth-order valence-electron chi connectivity index (χ4n) is 12.3. The van der Waals surface area contributed by atoms with Crippen LogP contribution in [0.3, 0.4) is 0 Å². The van der Waals surface area contributed by atoms with Crippen LogP contribution in [0.2, 0.25) is 0 Å². The third-order valence-electron chi connectivity index (χ3n) is 18.2. The van der Waals surface area contributed by atoms with Gasteiger partial charge in [-0.2, -0.15) is 0 Å². The molecule has 9 N–H and O–H groups in total. The zero-order valence-electron chi connectivity index (χ0n) is 56.9. The molecule has 2 aliphatic heterocycles. The molecule has 14 heteroatoms. The van der Waals surface area contributed by atoms with E-state index >= 15 is 0 Å². The van der Waals surface area contributed by atoms with E-state index in [2.05, 4.69) is 55.6 Å². The summed E-state index contributed by atoms with van der Waals surface area (Å²) in [7, 11) is 0. The van der Waals surface area contributed by atoms with Gasteiger partial charge in [0.15, 0.2) is 12.6 Å². The van der Waals surface area contributed by atoms with Gasteiger partial charge in [0.05, 0.1) is 32.0 Å². The molecule has 0 spiro atoms. The Morgan fingerprint density at radius 2 is 0.719 bits per heavy atom. The van der Waals surface area contributed by atoms with E-state index in [0.29, 0.717) is 12.8 Å². The summed E-state index contributed by atoms with van der Waals surface area (Å²) in [5.74, 6) is -0.248. The summed E-state index contributed by atoms with van der Waals surface area (Å²) in [6.07, 6.45) is 62.0. The van der Waals surface area contributed by atoms with Crippen molar-refractivity contribution >= 4 is 5.91 Å². The van der Waals surface area contributed by atoms with Gasteiger partial charge in [0.2, 0.25) is 5.91 Å². The summed E-state index contributed by atoms with van der Waals surface area (Å²) < 4.78 is 22.8. The Hall–Kier alpha value is -2.05. The van der Waals surface area contributed by atoms with Crippen molar-refractivity contribution in [2.45, 2.75) is 402 Å².